The van der Waals surface area contributed by atoms with E-state index in [0.717, 1.165) is 57.0 Å². The van der Waals surface area contributed by atoms with Crippen molar-refractivity contribution in [3.63, 3.8) is 0 Å². The zero-order chi connectivity index (χ0) is 22.3. The highest BCUT2D eigenvalue weighted by Crippen LogP contribution is 2.37. The average Bonchev–Trinajstić information content (AvgIpc) is 2.98. The van der Waals surface area contributed by atoms with Crippen LogP contribution in [0.5, 0.6) is 0 Å². The number of amides is 1. The van der Waals surface area contributed by atoms with Gasteiger partial charge in [0.05, 0.1) is 11.6 Å². The summed E-state index contributed by atoms with van der Waals surface area (Å²) in [5.74, 6) is -0.00432. The van der Waals surface area contributed by atoms with Gasteiger partial charge in [-0.3, -0.25) is 14.6 Å². The molecule has 0 saturated carbocycles. The molecule has 2 heterocycles. The van der Waals surface area contributed by atoms with Gasteiger partial charge in [0.1, 0.15) is 11.1 Å². The minimum atomic E-state index is -0.203. The van der Waals surface area contributed by atoms with Gasteiger partial charge in [-0.1, -0.05) is 48.9 Å². The largest absolute Gasteiger partial charge is 0.315 e. The van der Waals surface area contributed by atoms with Crippen molar-refractivity contribution >= 4 is 28.3 Å². The zero-order valence-electron chi connectivity index (χ0n) is 18.8. The van der Waals surface area contributed by atoms with Gasteiger partial charge in [-0.05, 0) is 43.7 Å². The predicted octanol–water partition coefficient (Wildman–Crippen LogP) is 4.55. The van der Waals surface area contributed by atoms with Gasteiger partial charge in [0.2, 0.25) is 5.91 Å². The molecule has 1 N–H and O–H groups in total. The molecule has 1 unspecified atom stereocenters. The molecule has 1 aliphatic heterocycles. The summed E-state index contributed by atoms with van der Waals surface area (Å²) in [6.07, 6.45) is 9.89. The number of benzene rings is 1. The first-order valence-corrected chi connectivity index (χ1v) is 12.5. The van der Waals surface area contributed by atoms with Crippen molar-refractivity contribution in [1.29, 1.82) is 5.26 Å². The van der Waals surface area contributed by atoms with Crippen LogP contribution in [0.25, 0.3) is 6.08 Å². The molecule has 2 aliphatic rings. The van der Waals surface area contributed by atoms with Gasteiger partial charge in [0.15, 0.2) is 0 Å². The normalized spacial score (nSPS) is 18.6. The number of piperazine rings is 1. The van der Waals surface area contributed by atoms with Crippen molar-refractivity contribution in [3.05, 3.63) is 58.0 Å². The summed E-state index contributed by atoms with van der Waals surface area (Å²) in [7, 11) is 0. The molecule has 1 fully saturated rings. The van der Waals surface area contributed by atoms with E-state index in [1.807, 2.05) is 13.0 Å². The Labute approximate surface area is 195 Å². The summed E-state index contributed by atoms with van der Waals surface area (Å²) in [5, 5.41) is 13.6. The van der Waals surface area contributed by atoms with Crippen LogP contribution in [0.4, 0.5) is 5.00 Å². The Morgan fingerprint density at radius 1 is 1.16 bits per heavy atom. The van der Waals surface area contributed by atoms with Gasteiger partial charge >= 0.3 is 0 Å². The molecule has 1 atom stereocenters. The summed E-state index contributed by atoms with van der Waals surface area (Å²) in [6.45, 7) is 6.56. The molecular weight excluding hydrogens is 416 g/mol. The maximum atomic E-state index is 13.0. The van der Waals surface area contributed by atoms with E-state index in [9.17, 15) is 10.1 Å². The Morgan fingerprint density at radius 3 is 2.66 bits per heavy atom. The Bertz CT molecular complexity index is 983. The van der Waals surface area contributed by atoms with Crippen LogP contribution in [0.3, 0.4) is 0 Å². The topological polar surface area (TPSA) is 59.4 Å². The second kappa shape index (κ2) is 10.9. The third-order valence-electron chi connectivity index (χ3n) is 6.58. The molecule has 1 aromatic carbocycles. The maximum absolute atomic E-state index is 13.0. The molecule has 0 radical (unpaired) electrons. The van der Waals surface area contributed by atoms with Gasteiger partial charge in [0.25, 0.3) is 0 Å². The summed E-state index contributed by atoms with van der Waals surface area (Å²) in [5.41, 5.74) is 3.09. The highest BCUT2D eigenvalue weighted by Gasteiger charge is 2.27. The maximum Gasteiger partial charge on any atom is 0.242 e. The first-order valence-electron chi connectivity index (χ1n) is 11.7. The monoisotopic (exact) mass is 448 g/mol. The molecule has 5 nitrogen and oxygen atoms in total. The van der Waals surface area contributed by atoms with Crippen LogP contribution in [0.15, 0.2) is 36.4 Å². The minimum Gasteiger partial charge on any atom is -0.315 e. The quantitative estimate of drug-likeness (QED) is 0.659. The Kier molecular flexibility index (Phi) is 7.75. The molecule has 6 heteroatoms. The summed E-state index contributed by atoms with van der Waals surface area (Å²) < 4.78 is 0. The average molecular weight is 449 g/mol. The summed E-state index contributed by atoms with van der Waals surface area (Å²) in [4.78, 5) is 19.0. The number of thiophene rings is 1. The summed E-state index contributed by atoms with van der Waals surface area (Å²) in [6, 6.07) is 12.5. The standard InChI is InChI=1S/C26H32N4OS/c1-20(25(31)28-26-23(19-27)22-12-6-3-7-13-24(22)32-26)30-17-15-29(16-18-30)14-8-11-21-9-4-2-5-10-21/h2,4-5,8-11,20H,3,6-7,12-18H2,1H3,(H,28,31)/b11-8+. The molecule has 168 valence electrons. The van der Waals surface area contributed by atoms with E-state index in [4.69, 9.17) is 0 Å². The molecule has 1 amide bonds. The fourth-order valence-corrected chi connectivity index (χ4v) is 5.81. The predicted molar refractivity (Wildman–Crippen MR) is 132 cm³/mol. The number of carbonyl (C=O) groups excluding carboxylic acids is 1. The molecule has 0 bridgehead atoms. The van der Waals surface area contributed by atoms with E-state index in [2.05, 4.69) is 57.6 Å². The van der Waals surface area contributed by atoms with Crippen LogP contribution in [0, 0.1) is 11.3 Å². The minimum absolute atomic E-state index is 0.00432. The first-order chi connectivity index (χ1) is 15.7. The Balaban J connectivity index is 1.29. The number of nitrogens with zero attached hydrogens (tertiary/aromatic N) is 3. The molecular formula is C26H32N4OS. The lowest BCUT2D eigenvalue weighted by Gasteiger charge is -2.37. The van der Waals surface area contributed by atoms with Crippen LogP contribution in [-0.4, -0.2) is 54.5 Å². The fourth-order valence-electron chi connectivity index (χ4n) is 4.57. The second-order valence-electron chi connectivity index (χ2n) is 8.70. The molecule has 2 aromatic rings. The van der Waals surface area contributed by atoms with E-state index >= 15 is 0 Å². The van der Waals surface area contributed by atoms with Crippen molar-refractivity contribution in [2.45, 2.75) is 45.1 Å². The molecule has 1 saturated heterocycles. The van der Waals surface area contributed by atoms with Crippen molar-refractivity contribution in [2.75, 3.05) is 38.0 Å². The van der Waals surface area contributed by atoms with E-state index in [1.54, 1.807) is 11.3 Å². The number of anilines is 1. The zero-order valence-corrected chi connectivity index (χ0v) is 19.7. The van der Waals surface area contributed by atoms with Gasteiger partial charge in [-0.15, -0.1) is 11.3 Å². The van der Waals surface area contributed by atoms with E-state index in [0.29, 0.717) is 5.56 Å². The van der Waals surface area contributed by atoms with Crippen LogP contribution in [0.1, 0.15) is 47.8 Å². The van der Waals surface area contributed by atoms with Crippen molar-refractivity contribution in [1.82, 2.24) is 9.80 Å². The lowest BCUT2D eigenvalue weighted by Crippen LogP contribution is -2.52. The van der Waals surface area contributed by atoms with Gasteiger partial charge in [0, 0.05) is 37.6 Å². The Morgan fingerprint density at radius 2 is 1.91 bits per heavy atom. The number of hydrogen-bond acceptors (Lipinski definition) is 5. The Hall–Kier alpha value is -2.46. The van der Waals surface area contributed by atoms with Crippen LogP contribution < -0.4 is 5.32 Å². The van der Waals surface area contributed by atoms with E-state index in [1.165, 1.54) is 28.8 Å². The van der Waals surface area contributed by atoms with Crippen molar-refractivity contribution in [2.24, 2.45) is 0 Å². The van der Waals surface area contributed by atoms with Gasteiger partial charge < -0.3 is 5.32 Å². The van der Waals surface area contributed by atoms with Crippen LogP contribution in [-0.2, 0) is 17.6 Å². The lowest BCUT2D eigenvalue weighted by atomic mass is 10.1. The highest BCUT2D eigenvalue weighted by molar-refractivity contribution is 7.16. The van der Waals surface area contributed by atoms with Crippen molar-refractivity contribution in [3.8, 4) is 6.07 Å². The number of aryl methyl sites for hydroxylation is 1. The van der Waals surface area contributed by atoms with Gasteiger partial charge in [-0.25, -0.2) is 0 Å². The smallest absolute Gasteiger partial charge is 0.242 e. The van der Waals surface area contributed by atoms with E-state index in [-0.39, 0.29) is 11.9 Å². The number of nitrogens with one attached hydrogen (secondary N) is 1. The molecule has 32 heavy (non-hydrogen) atoms. The number of rotatable bonds is 6. The van der Waals surface area contributed by atoms with Crippen LogP contribution >= 0.6 is 11.3 Å². The van der Waals surface area contributed by atoms with Gasteiger partial charge in [-0.2, -0.15) is 5.26 Å². The highest BCUT2D eigenvalue weighted by atomic mass is 32.1. The first kappa shape index (κ1) is 22.7. The third kappa shape index (κ3) is 5.47. The van der Waals surface area contributed by atoms with Crippen molar-refractivity contribution < 1.29 is 4.79 Å². The molecule has 1 aliphatic carbocycles. The number of fused-ring (bicyclic) bond motifs is 1. The van der Waals surface area contributed by atoms with Crippen LogP contribution in [0.2, 0.25) is 0 Å². The number of nitriles is 1. The molecule has 0 spiro atoms. The number of hydrogen-bond donors (Lipinski definition) is 1. The number of carbonyl (C=O) groups is 1. The fraction of sp³-hybridized carbons (Fsp3) is 0.462. The SMILES string of the molecule is CC(C(=O)Nc1sc2c(c1C#N)CCCCC2)N1CCN(C/C=C/c2ccccc2)CC1. The molecule has 4 rings (SSSR count). The lowest BCUT2D eigenvalue weighted by molar-refractivity contribution is -0.121. The molecule has 1 aromatic heterocycles. The third-order valence-corrected chi connectivity index (χ3v) is 7.78. The van der Waals surface area contributed by atoms with E-state index < -0.39 is 0 Å². The second-order valence-corrected chi connectivity index (χ2v) is 9.80. The summed E-state index contributed by atoms with van der Waals surface area (Å²) >= 11 is 1.61.